The van der Waals surface area contributed by atoms with E-state index in [9.17, 15) is 0 Å². The molecule has 1 aliphatic rings. The lowest BCUT2D eigenvalue weighted by atomic mass is 10.3. The molecule has 0 atom stereocenters. The molecule has 0 unspecified atom stereocenters. The number of aliphatic hydroxyl groups excluding tert-OH is 1. The monoisotopic (exact) mass is 210 g/mol. The topological polar surface area (TPSA) is 74.4 Å². The Kier molecular flexibility index (Phi) is 4.86. The molecular weight excluding hydrogens is 192 g/mol. The average Bonchev–Trinajstić information content (AvgIpc) is 2.34. The van der Waals surface area contributed by atoms with Crippen LogP contribution >= 0.6 is 0 Å². The van der Waals surface area contributed by atoms with Gasteiger partial charge in [-0.25, -0.2) is 4.98 Å². The fraction of sp³-hybridized carbons (Fsp3) is 0.500. The molecule has 0 aromatic carbocycles. The van der Waals surface area contributed by atoms with Gasteiger partial charge < -0.3 is 21.1 Å². The van der Waals surface area contributed by atoms with Gasteiger partial charge in [0.2, 0.25) is 0 Å². The van der Waals surface area contributed by atoms with Gasteiger partial charge in [-0.15, -0.1) is 0 Å². The predicted molar refractivity (Wildman–Crippen MR) is 61.9 cm³/mol. The van der Waals surface area contributed by atoms with Crippen LogP contribution in [-0.4, -0.2) is 43.4 Å². The standard InChI is InChI=1S/C9H14N4.CH4O/c10-9-2-1-8(7-12-9)13-5-3-11-4-6-13;1-2/h1-2,7,11H,3-6H2,(H2,10,12);2H,1H3. The van der Waals surface area contributed by atoms with Crippen molar-refractivity contribution in [1.82, 2.24) is 10.3 Å². The van der Waals surface area contributed by atoms with E-state index in [2.05, 4.69) is 15.2 Å². The number of nitrogens with one attached hydrogen (secondary N) is 1. The van der Waals surface area contributed by atoms with Crippen molar-refractivity contribution < 1.29 is 5.11 Å². The van der Waals surface area contributed by atoms with Crippen molar-refractivity contribution >= 4 is 11.5 Å². The largest absolute Gasteiger partial charge is 0.400 e. The molecule has 0 spiro atoms. The molecule has 5 heteroatoms. The van der Waals surface area contributed by atoms with Gasteiger partial charge in [-0.05, 0) is 12.1 Å². The van der Waals surface area contributed by atoms with Gasteiger partial charge in [0.25, 0.3) is 0 Å². The minimum Gasteiger partial charge on any atom is -0.400 e. The van der Waals surface area contributed by atoms with E-state index in [0.717, 1.165) is 39.0 Å². The highest BCUT2D eigenvalue weighted by Crippen LogP contribution is 2.13. The second-order valence-electron chi connectivity index (χ2n) is 3.18. The summed E-state index contributed by atoms with van der Waals surface area (Å²) in [5.74, 6) is 0.582. The molecule has 1 aromatic heterocycles. The maximum Gasteiger partial charge on any atom is 0.123 e. The molecule has 1 saturated heterocycles. The Hall–Kier alpha value is -1.33. The van der Waals surface area contributed by atoms with E-state index in [4.69, 9.17) is 10.8 Å². The van der Waals surface area contributed by atoms with Gasteiger partial charge in [-0.2, -0.15) is 0 Å². The SMILES string of the molecule is CO.Nc1ccc(N2CCNCC2)cn1. The molecule has 0 saturated carbocycles. The van der Waals surface area contributed by atoms with E-state index in [-0.39, 0.29) is 0 Å². The van der Waals surface area contributed by atoms with E-state index >= 15 is 0 Å². The number of nitrogen functional groups attached to an aromatic ring is 1. The number of aromatic nitrogens is 1. The van der Waals surface area contributed by atoms with Gasteiger partial charge in [0.15, 0.2) is 0 Å². The van der Waals surface area contributed by atoms with E-state index in [1.807, 2.05) is 18.3 Å². The first kappa shape index (κ1) is 11.7. The number of nitrogens with zero attached hydrogens (tertiary/aromatic N) is 2. The highest BCUT2D eigenvalue weighted by molar-refractivity contribution is 5.48. The van der Waals surface area contributed by atoms with Crippen molar-refractivity contribution in [2.24, 2.45) is 0 Å². The van der Waals surface area contributed by atoms with Gasteiger partial charge >= 0.3 is 0 Å². The fourth-order valence-electron chi connectivity index (χ4n) is 1.51. The van der Waals surface area contributed by atoms with Crippen LogP contribution in [0.4, 0.5) is 11.5 Å². The lowest BCUT2D eigenvalue weighted by Gasteiger charge is -2.29. The smallest absolute Gasteiger partial charge is 0.123 e. The summed E-state index contributed by atoms with van der Waals surface area (Å²) in [7, 11) is 1.00. The van der Waals surface area contributed by atoms with Crippen LogP contribution in [0, 0.1) is 0 Å². The zero-order valence-electron chi connectivity index (χ0n) is 8.98. The van der Waals surface area contributed by atoms with Crippen LogP contribution in [0.25, 0.3) is 0 Å². The van der Waals surface area contributed by atoms with Gasteiger partial charge in [-0.1, -0.05) is 0 Å². The minimum atomic E-state index is 0.582. The lowest BCUT2D eigenvalue weighted by Crippen LogP contribution is -2.43. The molecule has 84 valence electrons. The van der Waals surface area contributed by atoms with Crippen molar-refractivity contribution in [1.29, 1.82) is 0 Å². The molecule has 0 bridgehead atoms. The van der Waals surface area contributed by atoms with Crippen LogP contribution in [0.1, 0.15) is 0 Å². The van der Waals surface area contributed by atoms with Crippen molar-refractivity contribution in [3.63, 3.8) is 0 Å². The van der Waals surface area contributed by atoms with Gasteiger partial charge in [0.05, 0.1) is 11.9 Å². The van der Waals surface area contributed by atoms with Crippen molar-refractivity contribution in [3.05, 3.63) is 18.3 Å². The van der Waals surface area contributed by atoms with Crippen LogP contribution in [0.2, 0.25) is 0 Å². The van der Waals surface area contributed by atoms with Crippen molar-refractivity contribution in [2.45, 2.75) is 0 Å². The van der Waals surface area contributed by atoms with Crippen LogP contribution < -0.4 is 16.0 Å². The van der Waals surface area contributed by atoms with E-state index in [1.165, 1.54) is 0 Å². The second-order valence-corrected chi connectivity index (χ2v) is 3.18. The van der Waals surface area contributed by atoms with E-state index in [1.54, 1.807) is 0 Å². The minimum absolute atomic E-state index is 0.582. The Bertz CT molecular complexity index is 269. The first-order chi connectivity index (χ1) is 7.36. The second kappa shape index (κ2) is 6.21. The molecule has 2 rings (SSSR count). The molecule has 1 aromatic rings. The zero-order chi connectivity index (χ0) is 11.1. The van der Waals surface area contributed by atoms with Gasteiger partial charge in [0, 0.05) is 33.3 Å². The van der Waals surface area contributed by atoms with Gasteiger partial charge in [0.1, 0.15) is 5.82 Å². The molecular formula is C10H18N4O. The molecule has 1 fully saturated rings. The number of hydrogen-bond acceptors (Lipinski definition) is 5. The Balaban J connectivity index is 0.000000531. The quantitative estimate of drug-likeness (QED) is 0.592. The molecule has 15 heavy (non-hydrogen) atoms. The number of rotatable bonds is 1. The summed E-state index contributed by atoms with van der Waals surface area (Å²) in [4.78, 5) is 6.38. The van der Waals surface area contributed by atoms with Crippen molar-refractivity contribution in [2.75, 3.05) is 43.9 Å². The predicted octanol–water partition coefficient (Wildman–Crippen LogP) is -0.318. The Morgan fingerprint density at radius 2 is 2.00 bits per heavy atom. The Labute approximate surface area is 89.9 Å². The third-order valence-corrected chi connectivity index (χ3v) is 2.25. The number of nitrogens with two attached hydrogens (primary N) is 1. The zero-order valence-corrected chi connectivity index (χ0v) is 8.98. The van der Waals surface area contributed by atoms with Crippen molar-refractivity contribution in [3.8, 4) is 0 Å². The molecule has 4 N–H and O–H groups in total. The summed E-state index contributed by atoms with van der Waals surface area (Å²) in [6.07, 6.45) is 1.83. The molecule has 0 aliphatic carbocycles. The van der Waals surface area contributed by atoms with Crippen LogP contribution in [-0.2, 0) is 0 Å². The summed E-state index contributed by atoms with van der Waals surface area (Å²) < 4.78 is 0. The first-order valence-electron chi connectivity index (χ1n) is 4.98. The maximum atomic E-state index is 7.00. The number of hydrogen-bond donors (Lipinski definition) is 3. The summed E-state index contributed by atoms with van der Waals surface area (Å²) >= 11 is 0. The van der Waals surface area contributed by atoms with Crippen LogP contribution in [0.15, 0.2) is 18.3 Å². The third kappa shape index (κ3) is 3.38. The molecule has 5 nitrogen and oxygen atoms in total. The lowest BCUT2D eigenvalue weighted by molar-refractivity contribution is 0.399. The molecule has 0 amide bonds. The normalized spacial score (nSPS) is 15.5. The van der Waals surface area contributed by atoms with Crippen LogP contribution in [0.3, 0.4) is 0 Å². The summed E-state index contributed by atoms with van der Waals surface area (Å²) in [5, 5.41) is 10.3. The summed E-state index contributed by atoms with van der Waals surface area (Å²) in [5.41, 5.74) is 6.68. The van der Waals surface area contributed by atoms with Gasteiger partial charge in [-0.3, -0.25) is 0 Å². The third-order valence-electron chi connectivity index (χ3n) is 2.25. The summed E-state index contributed by atoms with van der Waals surface area (Å²) in [6, 6.07) is 3.87. The summed E-state index contributed by atoms with van der Waals surface area (Å²) in [6.45, 7) is 4.19. The van der Waals surface area contributed by atoms with E-state index in [0.29, 0.717) is 5.82 Å². The highest BCUT2D eigenvalue weighted by atomic mass is 16.2. The average molecular weight is 210 g/mol. The van der Waals surface area contributed by atoms with E-state index < -0.39 is 0 Å². The Morgan fingerprint density at radius 1 is 1.33 bits per heavy atom. The highest BCUT2D eigenvalue weighted by Gasteiger charge is 2.09. The first-order valence-corrected chi connectivity index (χ1v) is 4.98. The Morgan fingerprint density at radius 3 is 2.53 bits per heavy atom. The molecule has 1 aliphatic heterocycles. The number of pyridine rings is 1. The maximum absolute atomic E-state index is 7.00. The molecule has 2 heterocycles. The number of aliphatic hydroxyl groups is 1. The number of piperazine rings is 1. The van der Waals surface area contributed by atoms with Crippen LogP contribution in [0.5, 0.6) is 0 Å². The molecule has 0 radical (unpaired) electrons. The fourth-order valence-corrected chi connectivity index (χ4v) is 1.51. The number of anilines is 2.